The summed E-state index contributed by atoms with van der Waals surface area (Å²) in [5.74, 6) is 2.16. The zero-order valence-corrected chi connectivity index (χ0v) is 17.3. The van der Waals surface area contributed by atoms with E-state index in [2.05, 4.69) is 20.1 Å². The molecule has 0 bridgehead atoms. The zero-order valence-electron chi connectivity index (χ0n) is 15.8. The van der Waals surface area contributed by atoms with E-state index in [1.807, 2.05) is 24.3 Å². The molecule has 2 aliphatic heterocycles. The maximum atomic E-state index is 12.3. The molecule has 1 fully saturated rings. The van der Waals surface area contributed by atoms with Gasteiger partial charge in [-0.25, -0.2) is 4.98 Å². The predicted molar refractivity (Wildman–Crippen MR) is 112 cm³/mol. The van der Waals surface area contributed by atoms with E-state index in [-0.39, 0.29) is 12.0 Å². The molecule has 0 spiro atoms. The smallest absolute Gasteiger partial charge is 0.234 e. The van der Waals surface area contributed by atoms with Crippen molar-refractivity contribution in [1.29, 1.82) is 0 Å². The molecule has 1 atom stereocenters. The van der Waals surface area contributed by atoms with Crippen LogP contribution < -0.4 is 19.7 Å². The summed E-state index contributed by atoms with van der Waals surface area (Å²) in [5, 5.41) is 4.00. The molecular formula is C20H22Cl2N4O3. The van der Waals surface area contributed by atoms with Gasteiger partial charge in [-0.15, -0.1) is 0 Å². The van der Waals surface area contributed by atoms with Crippen LogP contribution in [0.4, 0.5) is 5.82 Å². The Labute approximate surface area is 179 Å². The first-order valence-electron chi connectivity index (χ1n) is 9.52. The second kappa shape index (κ2) is 9.07. The fourth-order valence-corrected chi connectivity index (χ4v) is 3.91. The van der Waals surface area contributed by atoms with Crippen molar-refractivity contribution in [2.24, 2.45) is 0 Å². The lowest BCUT2D eigenvalue weighted by molar-refractivity contribution is -0.122. The molecule has 1 amide bonds. The number of para-hydroxylation sites is 2. The van der Waals surface area contributed by atoms with Gasteiger partial charge in [-0.05, 0) is 18.2 Å². The number of nitrogens with one attached hydrogen (secondary N) is 1. The van der Waals surface area contributed by atoms with Gasteiger partial charge in [-0.3, -0.25) is 9.69 Å². The van der Waals surface area contributed by atoms with Crippen LogP contribution in [0.2, 0.25) is 10.0 Å². The lowest BCUT2D eigenvalue weighted by atomic mass is 10.2. The van der Waals surface area contributed by atoms with Gasteiger partial charge in [0.25, 0.3) is 0 Å². The number of hydrogen-bond donors (Lipinski definition) is 1. The molecule has 1 unspecified atom stereocenters. The average molecular weight is 437 g/mol. The lowest BCUT2D eigenvalue weighted by Gasteiger charge is -2.35. The fourth-order valence-electron chi connectivity index (χ4n) is 3.41. The van der Waals surface area contributed by atoms with Crippen LogP contribution >= 0.6 is 23.2 Å². The first-order valence-corrected chi connectivity index (χ1v) is 10.3. The molecule has 4 rings (SSSR count). The number of ether oxygens (including phenoxy) is 2. The van der Waals surface area contributed by atoms with Crippen LogP contribution in [0.3, 0.4) is 0 Å². The van der Waals surface area contributed by atoms with Crippen molar-refractivity contribution in [2.45, 2.75) is 6.10 Å². The number of nitrogens with zero attached hydrogens (tertiary/aromatic N) is 3. The number of rotatable bonds is 5. The summed E-state index contributed by atoms with van der Waals surface area (Å²) < 4.78 is 11.5. The maximum Gasteiger partial charge on any atom is 0.234 e. The molecular weight excluding hydrogens is 415 g/mol. The summed E-state index contributed by atoms with van der Waals surface area (Å²) in [6, 6.07) is 9.23. The molecule has 29 heavy (non-hydrogen) atoms. The van der Waals surface area contributed by atoms with Gasteiger partial charge in [-0.1, -0.05) is 35.3 Å². The van der Waals surface area contributed by atoms with Crippen molar-refractivity contribution in [3.8, 4) is 11.5 Å². The molecule has 1 N–H and O–H groups in total. The Hall–Kier alpha value is -2.22. The van der Waals surface area contributed by atoms with Crippen molar-refractivity contribution in [1.82, 2.24) is 15.2 Å². The minimum absolute atomic E-state index is 0.0245. The molecule has 0 aliphatic carbocycles. The largest absolute Gasteiger partial charge is 0.486 e. The minimum atomic E-state index is -0.191. The Morgan fingerprint density at radius 2 is 1.93 bits per heavy atom. The number of anilines is 1. The average Bonchev–Trinajstić information content (AvgIpc) is 2.73. The third-order valence-corrected chi connectivity index (χ3v) is 5.41. The van der Waals surface area contributed by atoms with Gasteiger partial charge in [0, 0.05) is 32.4 Å². The highest BCUT2D eigenvalue weighted by Gasteiger charge is 2.24. The summed E-state index contributed by atoms with van der Waals surface area (Å²) >= 11 is 12.2. The second-order valence-corrected chi connectivity index (χ2v) is 7.87. The third kappa shape index (κ3) is 5.04. The van der Waals surface area contributed by atoms with Gasteiger partial charge in [0.1, 0.15) is 18.5 Å². The predicted octanol–water partition coefficient (Wildman–Crippen LogP) is 2.47. The Morgan fingerprint density at radius 1 is 1.17 bits per heavy atom. The molecule has 2 aromatic rings. The molecule has 3 heterocycles. The van der Waals surface area contributed by atoms with Crippen LogP contribution in [0.1, 0.15) is 0 Å². The number of carbonyl (C=O) groups is 1. The Morgan fingerprint density at radius 3 is 2.69 bits per heavy atom. The number of hydrogen-bond acceptors (Lipinski definition) is 6. The molecule has 2 aliphatic rings. The molecule has 1 saturated heterocycles. The fraction of sp³-hybridized carbons (Fsp3) is 0.400. The molecule has 1 aromatic heterocycles. The topological polar surface area (TPSA) is 66.9 Å². The van der Waals surface area contributed by atoms with E-state index in [0.29, 0.717) is 35.5 Å². The number of benzene rings is 1. The Balaban J connectivity index is 1.20. The monoisotopic (exact) mass is 436 g/mol. The summed E-state index contributed by atoms with van der Waals surface area (Å²) in [4.78, 5) is 20.9. The van der Waals surface area contributed by atoms with E-state index in [9.17, 15) is 4.79 Å². The molecule has 0 radical (unpaired) electrons. The normalized spacial score (nSPS) is 19.1. The highest BCUT2D eigenvalue weighted by molar-refractivity contribution is 6.36. The number of aromatic nitrogens is 1. The van der Waals surface area contributed by atoms with Gasteiger partial charge >= 0.3 is 0 Å². The van der Waals surface area contributed by atoms with Gasteiger partial charge < -0.3 is 19.7 Å². The van der Waals surface area contributed by atoms with E-state index >= 15 is 0 Å². The number of amides is 1. The van der Waals surface area contributed by atoms with Crippen molar-refractivity contribution in [3.05, 3.63) is 46.6 Å². The summed E-state index contributed by atoms with van der Waals surface area (Å²) in [6.45, 7) is 4.19. The van der Waals surface area contributed by atoms with E-state index in [0.717, 1.165) is 37.7 Å². The third-order valence-electron chi connectivity index (χ3n) is 4.92. The summed E-state index contributed by atoms with van der Waals surface area (Å²) in [6.07, 6.45) is 1.40. The molecule has 1 aromatic carbocycles. The maximum absolute atomic E-state index is 12.3. The number of carbonyl (C=O) groups excluding carboxylic acids is 1. The molecule has 0 saturated carbocycles. The van der Waals surface area contributed by atoms with Crippen LogP contribution in [0.15, 0.2) is 36.5 Å². The van der Waals surface area contributed by atoms with Crippen molar-refractivity contribution in [2.75, 3.05) is 50.8 Å². The van der Waals surface area contributed by atoms with Gasteiger partial charge in [0.05, 0.1) is 23.1 Å². The molecule has 9 heteroatoms. The highest BCUT2D eigenvalue weighted by Crippen LogP contribution is 2.30. The number of piperazine rings is 1. The Bertz CT molecular complexity index is 875. The van der Waals surface area contributed by atoms with Gasteiger partial charge in [-0.2, -0.15) is 0 Å². The summed E-state index contributed by atoms with van der Waals surface area (Å²) in [5.41, 5.74) is 0. The zero-order chi connectivity index (χ0) is 20.2. The van der Waals surface area contributed by atoms with Gasteiger partial charge in [0.2, 0.25) is 5.91 Å². The standard InChI is InChI=1S/C20H22Cl2N4O3/c21-14-9-16(22)20(24-10-14)26-7-5-25(6-8-26)12-19(27)23-11-15-13-28-17-3-1-2-4-18(17)29-15/h1-4,9-10,15H,5-8,11-13H2,(H,23,27). The first-order chi connectivity index (χ1) is 14.1. The van der Waals surface area contributed by atoms with E-state index in [1.54, 1.807) is 12.3 Å². The van der Waals surface area contributed by atoms with Crippen LogP contribution in [0.25, 0.3) is 0 Å². The van der Waals surface area contributed by atoms with Crippen molar-refractivity contribution in [3.63, 3.8) is 0 Å². The SMILES string of the molecule is O=C(CN1CCN(c2ncc(Cl)cc2Cl)CC1)NCC1COc2ccccc2O1. The molecule has 7 nitrogen and oxygen atoms in total. The number of halogens is 2. The first kappa shape index (κ1) is 20.1. The molecule has 154 valence electrons. The highest BCUT2D eigenvalue weighted by atomic mass is 35.5. The van der Waals surface area contributed by atoms with Crippen molar-refractivity contribution < 1.29 is 14.3 Å². The van der Waals surface area contributed by atoms with Crippen LogP contribution in [0, 0.1) is 0 Å². The van der Waals surface area contributed by atoms with Gasteiger partial charge in [0.15, 0.2) is 11.5 Å². The summed E-state index contributed by atoms with van der Waals surface area (Å²) in [7, 11) is 0. The minimum Gasteiger partial charge on any atom is -0.486 e. The second-order valence-electron chi connectivity index (χ2n) is 7.02. The lowest BCUT2D eigenvalue weighted by Crippen LogP contribution is -2.50. The van der Waals surface area contributed by atoms with Crippen molar-refractivity contribution >= 4 is 34.9 Å². The van der Waals surface area contributed by atoms with Crippen LogP contribution in [-0.4, -0.2) is 67.8 Å². The van der Waals surface area contributed by atoms with E-state index < -0.39 is 0 Å². The van der Waals surface area contributed by atoms with E-state index in [4.69, 9.17) is 32.7 Å². The number of pyridine rings is 1. The quantitative estimate of drug-likeness (QED) is 0.776. The Kier molecular flexibility index (Phi) is 6.28. The van der Waals surface area contributed by atoms with Crippen LogP contribution in [-0.2, 0) is 4.79 Å². The number of fused-ring (bicyclic) bond motifs is 1. The van der Waals surface area contributed by atoms with E-state index in [1.165, 1.54) is 0 Å². The van der Waals surface area contributed by atoms with Crippen LogP contribution in [0.5, 0.6) is 11.5 Å².